The van der Waals surface area contributed by atoms with Gasteiger partial charge in [-0.1, -0.05) is 0 Å². The molecule has 0 fully saturated rings. The van der Waals surface area contributed by atoms with Crippen molar-refractivity contribution in [2.75, 3.05) is 0 Å². The third kappa shape index (κ3) is 1.77. The minimum absolute atomic E-state index is 0.331. The van der Waals surface area contributed by atoms with E-state index in [0.717, 1.165) is 0 Å². The Kier molecular flexibility index (Phi) is 2.41. The molecule has 0 atom stereocenters. The van der Waals surface area contributed by atoms with Crippen LogP contribution in [0.3, 0.4) is 0 Å². The maximum atomic E-state index is 11.2. The molecule has 8 heteroatoms. The first-order valence-electron chi connectivity index (χ1n) is 4.93. The number of aryl methyl sites for hydroxylation is 1. The Hall–Kier alpha value is -2.25. The lowest BCUT2D eigenvalue weighted by Gasteiger charge is -2.19. The Morgan fingerprint density at radius 3 is 2.71 bits per heavy atom. The van der Waals surface area contributed by atoms with E-state index in [1.54, 1.807) is 17.1 Å². The number of carboxylic acid groups (broad SMARTS) is 1. The Morgan fingerprint density at radius 2 is 2.18 bits per heavy atom. The number of carboxylic acids is 1. The van der Waals surface area contributed by atoms with Gasteiger partial charge in [-0.2, -0.15) is 0 Å². The van der Waals surface area contributed by atoms with E-state index in [0.29, 0.717) is 11.5 Å². The number of aromatic nitrogens is 6. The molecule has 1 N–H and O–H groups in total. The molecule has 17 heavy (non-hydrogen) atoms. The minimum Gasteiger partial charge on any atom is -0.479 e. The minimum atomic E-state index is -1.23. The van der Waals surface area contributed by atoms with Crippen LogP contribution in [0.1, 0.15) is 13.8 Å². The molecular formula is C9H12N6O2. The normalized spacial score (nSPS) is 11.7. The van der Waals surface area contributed by atoms with Crippen molar-refractivity contribution in [3.8, 4) is 11.5 Å². The number of carbonyl (C=O) groups is 1. The highest BCUT2D eigenvalue weighted by molar-refractivity contribution is 5.76. The van der Waals surface area contributed by atoms with Gasteiger partial charge in [-0.25, -0.2) is 14.5 Å². The fourth-order valence-electron chi connectivity index (χ4n) is 1.34. The topological polar surface area (TPSA) is 98.7 Å². The van der Waals surface area contributed by atoms with Gasteiger partial charge >= 0.3 is 5.97 Å². The van der Waals surface area contributed by atoms with Crippen LogP contribution >= 0.6 is 0 Å². The predicted octanol–water partition coefficient (Wildman–Crippen LogP) is -0.107. The summed E-state index contributed by atoms with van der Waals surface area (Å²) in [5, 5.41) is 20.2. The summed E-state index contributed by atoms with van der Waals surface area (Å²) in [7, 11) is 1.81. The SMILES string of the molecule is Cn1cnc(-c2nnnn2C(C)(C)C(=O)O)c1. The number of nitrogens with zero attached hydrogens (tertiary/aromatic N) is 6. The van der Waals surface area contributed by atoms with Crippen LogP contribution in [-0.4, -0.2) is 40.8 Å². The number of rotatable bonds is 3. The first-order valence-corrected chi connectivity index (χ1v) is 4.93. The predicted molar refractivity (Wildman–Crippen MR) is 57.0 cm³/mol. The number of imidazole rings is 1. The van der Waals surface area contributed by atoms with E-state index in [9.17, 15) is 4.79 Å². The number of aliphatic carboxylic acids is 1. The van der Waals surface area contributed by atoms with E-state index < -0.39 is 11.5 Å². The van der Waals surface area contributed by atoms with Gasteiger partial charge in [0.15, 0.2) is 5.54 Å². The summed E-state index contributed by atoms with van der Waals surface area (Å²) >= 11 is 0. The summed E-state index contributed by atoms with van der Waals surface area (Å²) in [5.41, 5.74) is -0.692. The first kappa shape index (κ1) is 11.2. The van der Waals surface area contributed by atoms with Crippen molar-refractivity contribution in [3.05, 3.63) is 12.5 Å². The Bertz CT molecular complexity index is 555. The largest absolute Gasteiger partial charge is 0.479 e. The van der Waals surface area contributed by atoms with Gasteiger partial charge < -0.3 is 9.67 Å². The molecule has 2 aromatic heterocycles. The van der Waals surface area contributed by atoms with Crippen LogP contribution in [-0.2, 0) is 17.4 Å². The summed E-state index contributed by atoms with van der Waals surface area (Å²) in [6.07, 6.45) is 3.32. The molecule has 90 valence electrons. The van der Waals surface area contributed by atoms with Gasteiger partial charge in [-0.3, -0.25) is 0 Å². The lowest BCUT2D eigenvalue weighted by Crippen LogP contribution is -2.37. The number of hydrogen-bond acceptors (Lipinski definition) is 5. The maximum absolute atomic E-state index is 11.2. The Labute approximate surface area is 96.9 Å². The van der Waals surface area contributed by atoms with Gasteiger partial charge in [0.05, 0.1) is 6.33 Å². The monoisotopic (exact) mass is 236 g/mol. The average molecular weight is 236 g/mol. The molecule has 0 bridgehead atoms. The quantitative estimate of drug-likeness (QED) is 0.798. The Morgan fingerprint density at radius 1 is 1.47 bits per heavy atom. The molecule has 0 spiro atoms. The highest BCUT2D eigenvalue weighted by Crippen LogP contribution is 2.21. The third-order valence-corrected chi connectivity index (χ3v) is 2.46. The molecule has 0 aliphatic rings. The van der Waals surface area contributed by atoms with E-state index >= 15 is 0 Å². The van der Waals surface area contributed by atoms with E-state index in [1.165, 1.54) is 18.5 Å². The van der Waals surface area contributed by atoms with Gasteiger partial charge in [-0.05, 0) is 24.3 Å². The number of tetrazole rings is 1. The molecule has 0 aliphatic carbocycles. The summed E-state index contributed by atoms with van der Waals surface area (Å²) in [4.78, 5) is 15.3. The fraction of sp³-hybridized carbons (Fsp3) is 0.444. The van der Waals surface area contributed by atoms with Crippen LogP contribution in [0.15, 0.2) is 12.5 Å². The van der Waals surface area contributed by atoms with Crippen molar-refractivity contribution in [1.29, 1.82) is 0 Å². The molecule has 0 saturated heterocycles. The molecule has 0 saturated carbocycles. The molecule has 0 amide bonds. The van der Waals surface area contributed by atoms with Crippen molar-refractivity contribution >= 4 is 5.97 Å². The second-order valence-corrected chi connectivity index (χ2v) is 4.20. The summed E-state index contributed by atoms with van der Waals surface area (Å²) in [5.74, 6) is -0.681. The molecule has 0 aliphatic heterocycles. The standard InChI is InChI=1S/C9H12N6O2/c1-9(2,8(16)17)15-7(11-12-13-15)6-4-14(3)5-10-6/h4-5H,1-3H3,(H,16,17). The van der Waals surface area contributed by atoms with Crippen LogP contribution in [0.25, 0.3) is 11.5 Å². The zero-order chi connectivity index (χ0) is 12.6. The van der Waals surface area contributed by atoms with Gasteiger partial charge in [0.25, 0.3) is 0 Å². The summed E-state index contributed by atoms with van der Waals surface area (Å²) < 4.78 is 2.99. The van der Waals surface area contributed by atoms with Crippen LogP contribution < -0.4 is 0 Å². The second kappa shape index (κ2) is 3.65. The van der Waals surface area contributed by atoms with E-state index in [2.05, 4.69) is 20.5 Å². The lowest BCUT2D eigenvalue weighted by molar-refractivity contribution is -0.146. The summed E-state index contributed by atoms with van der Waals surface area (Å²) in [6.45, 7) is 3.05. The van der Waals surface area contributed by atoms with Crippen molar-refractivity contribution in [2.45, 2.75) is 19.4 Å². The van der Waals surface area contributed by atoms with Crippen molar-refractivity contribution in [1.82, 2.24) is 29.8 Å². The highest BCUT2D eigenvalue weighted by Gasteiger charge is 2.34. The molecule has 0 aromatic carbocycles. The van der Waals surface area contributed by atoms with Crippen LogP contribution in [0.2, 0.25) is 0 Å². The van der Waals surface area contributed by atoms with Crippen molar-refractivity contribution < 1.29 is 9.90 Å². The van der Waals surface area contributed by atoms with Crippen LogP contribution in [0, 0.1) is 0 Å². The molecule has 2 heterocycles. The van der Waals surface area contributed by atoms with E-state index in [-0.39, 0.29) is 0 Å². The smallest absolute Gasteiger partial charge is 0.331 e. The Balaban J connectivity index is 2.52. The van der Waals surface area contributed by atoms with Gasteiger partial charge in [0.2, 0.25) is 5.82 Å². The van der Waals surface area contributed by atoms with Crippen molar-refractivity contribution in [2.24, 2.45) is 7.05 Å². The second-order valence-electron chi connectivity index (χ2n) is 4.20. The average Bonchev–Trinajstić information content (AvgIpc) is 2.84. The van der Waals surface area contributed by atoms with E-state index in [1.807, 2.05) is 7.05 Å². The first-order chi connectivity index (χ1) is 7.93. The van der Waals surface area contributed by atoms with Crippen LogP contribution in [0.5, 0.6) is 0 Å². The van der Waals surface area contributed by atoms with Gasteiger partial charge in [-0.15, -0.1) is 5.10 Å². The molecule has 2 rings (SSSR count). The third-order valence-electron chi connectivity index (χ3n) is 2.46. The molecule has 0 radical (unpaired) electrons. The fourth-order valence-corrected chi connectivity index (χ4v) is 1.34. The van der Waals surface area contributed by atoms with Crippen LogP contribution in [0.4, 0.5) is 0 Å². The summed E-state index contributed by atoms with van der Waals surface area (Å²) in [6, 6.07) is 0. The van der Waals surface area contributed by atoms with Crippen molar-refractivity contribution in [3.63, 3.8) is 0 Å². The van der Waals surface area contributed by atoms with Gasteiger partial charge in [0, 0.05) is 13.2 Å². The number of hydrogen-bond donors (Lipinski definition) is 1. The zero-order valence-electron chi connectivity index (χ0n) is 9.69. The maximum Gasteiger partial charge on any atom is 0.331 e. The molecule has 2 aromatic rings. The molecular weight excluding hydrogens is 224 g/mol. The zero-order valence-corrected chi connectivity index (χ0v) is 9.69. The molecule has 8 nitrogen and oxygen atoms in total. The lowest BCUT2D eigenvalue weighted by atomic mass is 10.1. The van der Waals surface area contributed by atoms with Gasteiger partial charge in [0.1, 0.15) is 5.69 Å². The highest BCUT2D eigenvalue weighted by atomic mass is 16.4. The molecule has 0 unspecified atom stereocenters. The van der Waals surface area contributed by atoms with E-state index in [4.69, 9.17) is 5.11 Å².